The zero-order chi connectivity index (χ0) is 11.3. The Kier molecular flexibility index (Phi) is 4.37. The Hall–Kier alpha value is -1.29. The summed E-state index contributed by atoms with van der Waals surface area (Å²) in [5, 5.41) is 0. The Balaban J connectivity index is 3.02. The molecular formula is C11H16FNO2. The number of nitrogens with two attached hydrogens (primary N) is 1. The van der Waals surface area contributed by atoms with Crippen molar-refractivity contribution < 1.29 is 13.9 Å². The third-order valence-electron chi connectivity index (χ3n) is 2.18. The molecule has 0 aliphatic carbocycles. The minimum absolute atomic E-state index is 0.282. The van der Waals surface area contributed by atoms with Crippen molar-refractivity contribution in [2.24, 2.45) is 5.73 Å². The molecule has 3 nitrogen and oxygen atoms in total. The highest BCUT2D eigenvalue weighted by atomic mass is 19.1. The Morgan fingerprint density at radius 3 is 2.53 bits per heavy atom. The van der Waals surface area contributed by atoms with Gasteiger partial charge in [-0.15, -0.1) is 0 Å². The van der Waals surface area contributed by atoms with E-state index in [0.29, 0.717) is 18.7 Å². The molecule has 1 aromatic rings. The number of hydrogen-bond donors (Lipinski definition) is 1. The Morgan fingerprint density at radius 2 is 2.00 bits per heavy atom. The maximum Gasteiger partial charge on any atom is 0.169 e. The number of aryl methyl sites for hydroxylation is 1. The van der Waals surface area contributed by atoms with Gasteiger partial charge in [0, 0.05) is 11.6 Å². The highest BCUT2D eigenvalue weighted by Gasteiger charge is 2.11. The van der Waals surface area contributed by atoms with Crippen molar-refractivity contribution in [1.82, 2.24) is 0 Å². The van der Waals surface area contributed by atoms with Crippen LogP contribution in [0.25, 0.3) is 0 Å². The fraction of sp³-hybridized carbons (Fsp3) is 0.455. The van der Waals surface area contributed by atoms with Crippen LogP contribution in [-0.4, -0.2) is 20.8 Å². The lowest BCUT2D eigenvalue weighted by Gasteiger charge is -2.11. The highest BCUT2D eigenvalue weighted by molar-refractivity contribution is 5.41. The SMILES string of the molecule is COc1cc(F)c(OC)c(CCCN)c1. The standard InChI is InChI=1S/C11H16FNO2/c1-14-9-6-8(4-3-5-13)11(15-2)10(12)7-9/h6-7H,3-5,13H2,1-2H3. The third kappa shape index (κ3) is 2.83. The highest BCUT2D eigenvalue weighted by Crippen LogP contribution is 2.28. The molecule has 1 rings (SSSR count). The first-order valence-electron chi connectivity index (χ1n) is 4.83. The average molecular weight is 213 g/mol. The molecule has 0 aliphatic heterocycles. The van der Waals surface area contributed by atoms with Crippen LogP contribution < -0.4 is 15.2 Å². The van der Waals surface area contributed by atoms with Gasteiger partial charge in [-0.05, 0) is 25.5 Å². The van der Waals surface area contributed by atoms with Crippen molar-refractivity contribution in [2.45, 2.75) is 12.8 Å². The predicted octanol–water partition coefficient (Wildman–Crippen LogP) is 1.73. The van der Waals surface area contributed by atoms with Gasteiger partial charge in [-0.2, -0.15) is 0 Å². The second-order valence-corrected chi connectivity index (χ2v) is 3.19. The van der Waals surface area contributed by atoms with E-state index in [0.717, 1.165) is 12.0 Å². The Bertz CT molecular complexity index is 329. The summed E-state index contributed by atoms with van der Waals surface area (Å²) >= 11 is 0. The van der Waals surface area contributed by atoms with E-state index in [1.807, 2.05) is 0 Å². The quantitative estimate of drug-likeness (QED) is 0.810. The van der Waals surface area contributed by atoms with Gasteiger partial charge in [0.25, 0.3) is 0 Å². The lowest BCUT2D eigenvalue weighted by Crippen LogP contribution is -2.03. The normalized spacial score (nSPS) is 10.1. The van der Waals surface area contributed by atoms with Crippen LogP contribution in [0.3, 0.4) is 0 Å². The van der Waals surface area contributed by atoms with Gasteiger partial charge in [0.2, 0.25) is 0 Å². The van der Waals surface area contributed by atoms with Crippen LogP contribution in [0.15, 0.2) is 12.1 Å². The minimum Gasteiger partial charge on any atom is -0.497 e. The molecule has 84 valence electrons. The van der Waals surface area contributed by atoms with Crippen LogP contribution in [0.4, 0.5) is 4.39 Å². The van der Waals surface area contributed by atoms with Crippen LogP contribution in [0.5, 0.6) is 11.5 Å². The molecule has 0 aliphatic rings. The van der Waals surface area contributed by atoms with Crippen molar-refractivity contribution in [3.63, 3.8) is 0 Å². The van der Waals surface area contributed by atoms with Gasteiger partial charge in [0.05, 0.1) is 14.2 Å². The molecule has 15 heavy (non-hydrogen) atoms. The molecule has 2 N–H and O–H groups in total. The van der Waals surface area contributed by atoms with Crippen molar-refractivity contribution in [3.05, 3.63) is 23.5 Å². The van der Waals surface area contributed by atoms with Gasteiger partial charge in [-0.3, -0.25) is 0 Å². The molecule has 0 spiro atoms. The van der Waals surface area contributed by atoms with Gasteiger partial charge in [0.1, 0.15) is 5.75 Å². The van der Waals surface area contributed by atoms with E-state index in [4.69, 9.17) is 15.2 Å². The lowest BCUT2D eigenvalue weighted by atomic mass is 10.1. The smallest absolute Gasteiger partial charge is 0.169 e. The fourth-order valence-corrected chi connectivity index (χ4v) is 1.45. The molecular weight excluding hydrogens is 197 g/mol. The van der Waals surface area contributed by atoms with Gasteiger partial charge in [0.15, 0.2) is 11.6 Å². The largest absolute Gasteiger partial charge is 0.497 e. The maximum atomic E-state index is 13.5. The molecule has 0 aromatic heterocycles. The summed E-state index contributed by atoms with van der Waals surface area (Å²) in [5.74, 6) is 0.383. The number of halogens is 1. The minimum atomic E-state index is -0.399. The molecule has 0 heterocycles. The summed E-state index contributed by atoms with van der Waals surface area (Å²) in [7, 11) is 2.96. The number of hydrogen-bond acceptors (Lipinski definition) is 3. The number of benzene rings is 1. The van der Waals surface area contributed by atoms with E-state index >= 15 is 0 Å². The van der Waals surface area contributed by atoms with Crippen molar-refractivity contribution >= 4 is 0 Å². The van der Waals surface area contributed by atoms with Crippen molar-refractivity contribution in [1.29, 1.82) is 0 Å². The molecule has 1 aromatic carbocycles. The van der Waals surface area contributed by atoms with E-state index in [1.54, 1.807) is 6.07 Å². The third-order valence-corrected chi connectivity index (χ3v) is 2.18. The topological polar surface area (TPSA) is 44.5 Å². The Morgan fingerprint density at radius 1 is 1.27 bits per heavy atom. The molecule has 4 heteroatoms. The number of rotatable bonds is 5. The first-order chi connectivity index (χ1) is 7.22. The molecule has 0 saturated carbocycles. The summed E-state index contributed by atoms with van der Waals surface area (Å²) in [4.78, 5) is 0. The van der Waals surface area contributed by atoms with E-state index in [9.17, 15) is 4.39 Å². The maximum absolute atomic E-state index is 13.5. The van der Waals surface area contributed by atoms with Crippen molar-refractivity contribution in [3.8, 4) is 11.5 Å². The number of ether oxygens (including phenoxy) is 2. The molecule has 0 amide bonds. The summed E-state index contributed by atoms with van der Waals surface area (Å²) in [6.45, 7) is 0.571. The first-order valence-corrected chi connectivity index (χ1v) is 4.83. The van der Waals surface area contributed by atoms with Gasteiger partial charge < -0.3 is 15.2 Å². The predicted molar refractivity (Wildman–Crippen MR) is 56.9 cm³/mol. The number of methoxy groups -OCH3 is 2. The van der Waals surface area contributed by atoms with Gasteiger partial charge in [-0.25, -0.2) is 4.39 Å². The molecule has 0 atom stereocenters. The molecule has 0 radical (unpaired) electrons. The van der Waals surface area contributed by atoms with Gasteiger partial charge in [-0.1, -0.05) is 0 Å². The monoisotopic (exact) mass is 213 g/mol. The van der Waals surface area contributed by atoms with Crippen LogP contribution in [0.2, 0.25) is 0 Å². The molecule has 0 bridgehead atoms. The van der Waals surface area contributed by atoms with Crippen LogP contribution in [-0.2, 0) is 6.42 Å². The first kappa shape index (κ1) is 11.8. The fourth-order valence-electron chi connectivity index (χ4n) is 1.45. The van der Waals surface area contributed by atoms with E-state index in [2.05, 4.69) is 0 Å². The second-order valence-electron chi connectivity index (χ2n) is 3.19. The zero-order valence-electron chi connectivity index (χ0n) is 9.05. The second kappa shape index (κ2) is 5.56. The molecule has 0 unspecified atom stereocenters. The summed E-state index contributed by atoms with van der Waals surface area (Å²) < 4.78 is 23.5. The Labute approximate surface area is 89.0 Å². The van der Waals surface area contributed by atoms with E-state index < -0.39 is 5.82 Å². The van der Waals surface area contributed by atoms with Crippen LogP contribution in [0, 0.1) is 5.82 Å². The van der Waals surface area contributed by atoms with Crippen molar-refractivity contribution in [2.75, 3.05) is 20.8 Å². The van der Waals surface area contributed by atoms with E-state index in [-0.39, 0.29) is 5.75 Å². The summed E-state index contributed by atoms with van der Waals surface area (Å²) in [6.07, 6.45) is 1.48. The van der Waals surface area contributed by atoms with Crippen LogP contribution >= 0.6 is 0 Å². The van der Waals surface area contributed by atoms with Crippen LogP contribution in [0.1, 0.15) is 12.0 Å². The zero-order valence-corrected chi connectivity index (χ0v) is 9.05. The molecule has 0 saturated heterocycles. The van der Waals surface area contributed by atoms with E-state index in [1.165, 1.54) is 20.3 Å². The van der Waals surface area contributed by atoms with Gasteiger partial charge >= 0.3 is 0 Å². The summed E-state index contributed by atoms with van der Waals surface area (Å²) in [6, 6.07) is 3.09. The average Bonchev–Trinajstić information content (AvgIpc) is 2.25. The lowest BCUT2D eigenvalue weighted by molar-refractivity contribution is 0.371. The summed E-state index contributed by atoms with van der Waals surface area (Å²) in [5.41, 5.74) is 6.20. The molecule has 0 fully saturated rings.